The summed E-state index contributed by atoms with van der Waals surface area (Å²) in [5.41, 5.74) is 2.35. The molecule has 0 unspecified atom stereocenters. The molecule has 0 bridgehead atoms. The number of rotatable bonds is 4. The first-order valence-corrected chi connectivity index (χ1v) is 7.45. The summed E-state index contributed by atoms with van der Waals surface area (Å²) in [6, 6.07) is 2.01. The predicted molar refractivity (Wildman–Crippen MR) is 83.8 cm³/mol. The van der Waals surface area contributed by atoms with Gasteiger partial charge >= 0.3 is 0 Å². The molecule has 0 radical (unpaired) electrons. The fourth-order valence-electron chi connectivity index (χ4n) is 2.57. The summed E-state index contributed by atoms with van der Waals surface area (Å²) in [6.45, 7) is 8.64. The lowest BCUT2D eigenvalue weighted by atomic mass is 9.75. The van der Waals surface area contributed by atoms with Crippen LogP contribution in [0.4, 0.5) is 5.69 Å². The number of carbonyl (C=O) groups excluding carboxylic acids is 1. The van der Waals surface area contributed by atoms with Crippen molar-refractivity contribution in [3.05, 3.63) is 24.0 Å². The Balaban J connectivity index is 0.000000956. The third-order valence-corrected chi connectivity index (χ3v) is 3.94. The van der Waals surface area contributed by atoms with Gasteiger partial charge < -0.3 is 10.2 Å². The van der Waals surface area contributed by atoms with Crippen LogP contribution in [-0.2, 0) is 11.2 Å². The lowest BCUT2D eigenvalue weighted by Crippen LogP contribution is -2.37. The van der Waals surface area contributed by atoms with Crippen LogP contribution >= 0.6 is 0 Å². The summed E-state index contributed by atoms with van der Waals surface area (Å²) in [5.74, 6) is 0. The number of nitrogens with zero attached hydrogens (tertiary/aromatic N) is 2. The highest BCUT2D eigenvalue weighted by Gasteiger charge is 2.29. The maximum atomic E-state index is 10.6. The zero-order valence-electron chi connectivity index (χ0n) is 13.1. The Morgan fingerprint density at radius 2 is 2.05 bits per heavy atom. The van der Waals surface area contributed by atoms with Crippen molar-refractivity contribution < 1.29 is 4.79 Å². The minimum atomic E-state index is 0.327. The van der Waals surface area contributed by atoms with Crippen LogP contribution in [0.3, 0.4) is 0 Å². The molecule has 1 aromatic rings. The van der Waals surface area contributed by atoms with Gasteiger partial charge in [0.25, 0.3) is 0 Å². The van der Waals surface area contributed by atoms with Crippen LogP contribution < -0.4 is 5.32 Å². The topological polar surface area (TPSA) is 45.2 Å². The van der Waals surface area contributed by atoms with E-state index in [1.54, 1.807) is 12.4 Å². The zero-order valence-corrected chi connectivity index (χ0v) is 13.1. The molecule has 1 aliphatic heterocycles. The van der Waals surface area contributed by atoms with Gasteiger partial charge in [0.05, 0.1) is 11.9 Å². The molecule has 0 aromatic carbocycles. The van der Waals surface area contributed by atoms with Gasteiger partial charge in [-0.15, -0.1) is 0 Å². The van der Waals surface area contributed by atoms with Crippen LogP contribution in [0.2, 0.25) is 0 Å². The van der Waals surface area contributed by atoms with Gasteiger partial charge in [-0.05, 0) is 56.4 Å². The molecule has 4 heteroatoms. The van der Waals surface area contributed by atoms with Crippen LogP contribution in [0.1, 0.15) is 39.2 Å². The van der Waals surface area contributed by atoms with Gasteiger partial charge in [0.15, 0.2) is 0 Å². The van der Waals surface area contributed by atoms with E-state index in [2.05, 4.69) is 29.2 Å². The monoisotopic (exact) mass is 277 g/mol. The SMILES string of the molecule is CC.CN1CCC(C)(Cc2ccncc2NC=O)CC1. The number of nitrogens with one attached hydrogen (secondary N) is 1. The van der Waals surface area contributed by atoms with Gasteiger partial charge in [0, 0.05) is 6.20 Å². The Morgan fingerprint density at radius 3 is 2.65 bits per heavy atom. The first kappa shape index (κ1) is 16.6. The summed E-state index contributed by atoms with van der Waals surface area (Å²) in [6.07, 6.45) is 7.64. The maximum Gasteiger partial charge on any atom is 0.211 e. The second-order valence-electron chi connectivity index (χ2n) is 5.59. The number of hydrogen-bond acceptors (Lipinski definition) is 3. The fraction of sp³-hybridized carbons (Fsp3) is 0.625. The molecule has 2 rings (SSSR count). The largest absolute Gasteiger partial charge is 0.327 e. The van der Waals surface area contributed by atoms with E-state index in [1.165, 1.54) is 18.4 Å². The minimum absolute atomic E-state index is 0.327. The number of amides is 1. The molecule has 1 aromatic heterocycles. The van der Waals surface area contributed by atoms with E-state index in [4.69, 9.17) is 0 Å². The molecular weight excluding hydrogens is 250 g/mol. The molecule has 0 aliphatic carbocycles. The Kier molecular flexibility index (Phi) is 6.65. The summed E-state index contributed by atoms with van der Waals surface area (Å²) >= 11 is 0. The first-order valence-electron chi connectivity index (χ1n) is 7.45. The van der Waals surface area contributed by atoms with E-state index in [0.29, 0.717) is 5.41 Å². The van der Waals surface area contributed by atoms with Crippen LogP contribution in [-0.4, -0.2) is 36.4 Å². The fourth-order valence-corrected chi connectivity index (χ4v) is 2.57. The van der Waals surface area contributed by atoms with Crippen LogP contribution in [0.5, 0.6) is 0 Å². The molecular formula is C16H27N3O. The third kappa shape index (κ3) is 4.60. The number of piperidine rings is 1. The van der Waals surface area contributed by atoms with E-state index in [0.717, 1.165) is 31.6 Å². The summed E-state index contributed by atoms with van der Waals surface area (Å²) in [5, 5.41) is 2.74. The molecule has 4 nitrogen and oxygen atoms in total. The molecule has 1 N–H and O–H groups in total. The molecule has 0 spiro atoms. The van der Waals surface area contributed by atoms with Crippen molar-refractivity contribution in [2.24, 2.45) is 5.41 Å². The van der Waals surface area contributed by atoms with Crippen LogP contribution in [0.15, 0.2) is 18.5 Å². The van der Waals surface area contributed by atoms with Crippen molar-refractivity contribution in [2.45, 2.75) is 40.0 Å². The third-order valence-electron chi connectivity index (χ3n) is 3.94. The van der Waals surface area contributed by atoms with E-state index in [1.807, 2.05) is 19.9 Å². The number of carbonyl (C=O) groups is 1. The highest BCUT2D eigenvalue weighted by Crippen LogP contribution is 2.35. The van der Waals surface area contributed by atoms with E-state index >= 15 is 0 Å². The molecule has 1 aliphatic rings. The van der Waals surface area contributed by atoms with Crippen LogP contribution in [0.25, 0.3) is 0 Å². The van der Waals surface area contributed by atoms with Crippen molar-refractivity contribution in [3.8, 4) is 0 Å². The number of pyridine rings is 1. The molecule has 2 heterocycles. The quantitative estimate of drug-likeness (QED) is 0.861. The predicted octanol–water partition coefficient (Wildman–Crippen LogP) is 2.95. The standard InChI is InChI=1S/C14H21N3O.C2H6/c1-14(4-7-17(2)8-5-14)9-12-3-6-15-10-13(12)16-11-18;1-2/h3,6,10-11H,4-5,7-9H2,1-2H3,(H,16,18);1-2H3. The zero-order chi connectivity index (χ0) is 15.0. The first-order chi connectivity index (χ1) is 9.63. The summed E-state index contributed by atoms with van der Waals surface area (Å²) < 4.78 is 0. The summed E-state index contributed by atoms with van der Waals surface area (Å²) in [4.78, 5) is 17.0. The highest BCUT2D eigenvalue weighted by atomic mass is 16.1. The van der Waals surface area contributed by atoms with E-state index < -0.39 is 0 Å². The van der Waals surface area contributed by atoms with Crippen molar-refractivity contribution in [2.75, 3.05) is 25.5 Å². The lowest BCUT2D eigenvalue weighted by molar-refractivity contribution is -0.105. The number of aromatic nitrogens is 1. The molecule has 0 saturated carbocycles. The average molecular weight is 277 g/mol. The second kappa shape index (κ2) is 8.00. The van der Waals surface area contributed by atoms with Crippen molar-refractivity contribution in [3.63, 3.8) is 0 Å². The van der Waals surface area contributed by atoms with Gasteiger partial charge in [-0.3, -0.25) is 9.78 Å². The molecule has 20 heavy (non-hydrogen) atoms. The smallest absolute Gasteiger partial charge is 0.211 e. The number of likely N-dealkylation sites (tertiary alicyclic amines) is 1. The van der Waals surface area contributed by atoms with E-state index in [9.17, 15) is 4.79 Å². The molecule has 112 valence electrons. The minimum Gasteiger partial charge on any atom is -0.327 e. The number of anilines is 1. The van der Waals surface area contributed by atoms with Gasteiger partial charge in [-0.25, -0.2) is 0 Å². The van der Waals surface area contributed by atoms with E-state index in [-0.39, 0.29) is 0 Å². The second-order valence-corrected chi connectivity index (χ2v) is 5.59. The molecule has 1 amide bonds. The molecule has 1 saturated heterocycles. The Morgan fingerprint density at radius 1 is 1.40 bits per heavy atom. The van der Waals surface area contributed by atoms with Gasteiger partial charge in [0.1, 0.15) is 0 Å². The number of hydrogen-bond donors (Lipinski definition) is 1. The van der Waals surface area contributed by atoms with Crippen molar-refractivity contribution >= 4 is 12.1 Å². The van der Waals surface area contributed by atoms with Gasteiger partial charge in [-0.1, -0.05) is 20.8 Å². The normalized spacial score (nSPS) is 17.8. The summed E-state index contributed by atoms with van der Waals surface area (Å²) in [7, 11) is 2.17. The Labute approximate surface area is 122 Å². The molecule has 1 fully saturated rings. The lowest BCUT2D eigenvalue weighted by Gasteiger charge is -2.38. The van der Waals surface area contributed by atoms with Crippen molar-refractivity contribution in [1.82, 2.24) is 9.88 Å². The Bertz CT molecular complexity index is 412. The van der Waals surface area contributed by atoms with Gasteiger partial charge in [0.2, 0.25) is 6.41 Å². The van der Waals surface area contributed by atoms with Gasteiger partial charge in [-0.2, -0.15) is 0 Å². The maximum absolute atomic E-state index is 10.6. The van der Waals surface area contributed by atoms with Crippen molar-refractivity contribution in [1.29, 1.82) is 0 Å². The Hall–Kier alpha value is -1.42. The van der Waals surface area contributed by atoms with Crippen LogP contribution in [0, 0.1) is 5.41 Å². The average Bonchev–Trinajstić information content (AvgIpc) is 2.47. The molecule has 0 atom stereocenters. The highest BCUT2D eigenvalue weighted by molar-refractivity contribution is 5.72.